The maximum atomic E-state index is 13.8. The van der Waals surface area contributed by atoms with Gasteiger partial charge in [0.1, 0.15) is 5.82 Å². The van der Waals surface area contributed by atoms with Crippen molar-refractivity contribution in [3.8, 4) is 5.69 Å². The van der Waals surface area contributed by atoms with E-state index >= 15 is 0 Å². The molecule has 0 aliphatic heterocycles. The molecule has 1 heterocycles. The molecule has 0 saturated heterocycles. The predicted molar refractivity (Wildman–Crippen MR) is 85.0 cm³/mol. The Balaban J connectivity index is 1.83. The zero-order chi connectivity index (χ0) is 14.7. The van der Waals surface area contributed by atoms with E-state index in [2.05, 4.69) is 26.3 Å². The molecule has 3 aromatic rings. The van der Waals surface area contributed by atoms with Gasteiger partial charge in [-0.05, 0) is 30.3 Å². The van der Waals surface area contributed by atoms with Crippen LogP contribution in [-0.2, 0) is 6.54 Å². The Morgan fingerprint density at radius 2 is 2.00 bits per heavy atom. The van der Waals surface area contributed by atoms with Crippen LogP contribution in [0.15, 0.2) is 65.4 Å². The summed E-state index contributed by atoms with van der Waals surface area (Å²) in [5.74, 6) is -0.228. The fraction of sp³-hybridized carbons (Fsp3) is 0.0625. The second kappa shape index (κ2) is 6.10. The van der Waals surface area contributed by atoms with E-state index in [1.165, 1.54) is 6.07 Å². The molecule has 0 aliphatic carbocycles. The summed E-state index contributed by atoms with van der Waals surface area (Å²) in [5.41, 5.74) is 2.46. The molecule has 1 N–H and O–H groups in total. The Bertz CT molecular complexity index is 741. The van der Waals surface area contributed by atoms with E-state index in [-0.39, 0.29) is 5.82 Å². The number of hydrogen-bond acceptors (Lipinski definition) is 2. The molecule has 0 spiro atoms. The topological polar surface area (TPSA) is 29.9 Å². The maximum Gasteiger partial charge on any atom is 0.129 e. The van der Waals surface area contributed by atoms with Crippen LogP contribution >= 0.6 is 15.9 Å². The summed E-state index contributed by atoms with van der Waals surface area (Å²) in [4.78, 5) is 0. The summed E-state index contributed by atoms with van der Waals surface area (Å²) in [6.45, 7) is 0.414. The van der Waals surface area contributed by atoms with Gasteiger partial charge < -0.3 is 5.32 Å². The number of hydrogen-bond donors (Lipinski definition) is 1. The van der Waals surface area contributed by atoms with Crippen molar-refractivity contribution in [1.29, 1.82) is 0 Å². The maximum absolute atomic E-state index is 13.8. The summed E-state index contributed by atoms with van der Waals surface area (Å²) in [5, 5.41) is 7.49. The normalized spacial score (nSPS) is 10.6. The minimum absolute atomic E-state index is 0.228. The summed E-state index contributed by atoms with van der Waals surface area (Å²) in [6, 6.07) is 14.7. The van der Waals surface area contributed by atoms with Gasteiger partial charge >= 0.3 is 0 Å². The number of nitrogens with zero attached hydrogens (tertiary/aromatic N) is 2. The fourth-order valence-corrected chi connectivity index (χ4v) is 2.42. The van der Waals surface area contributed by atoms with Gasteiger partial charge in [0.05, 0.1) is 11.4 Å². The van der Waals surface area contributed by atoms with Crippen molar-refractivity contribution in [2.45, 2.75) is 6.54 Å². The van der Waals surface area contributed by atoms with Gasteiger partial charge in [-0.25, -0.2) is 9.07 Å². The number of benzene rings is 2. The number of halogens is 2. The van der Waals surface area contributed by atoms with Gasteiger partial charge in [-0.1, -0.05) is 34.1 Å². The van der Waals surface area contributed by atoms with E-state index in [0.29, 0.717) is 12.1 Å². The van der Waals surface area contributed by atoms with Crippen LogP contribution in [0.25, 0.3) is 5.69 Å². The third-order valence-electron chi connectivity index (χ3n) is 3.14. The molecule has 21 heavy (non-hydrogen) atoms. The molecule has 106 valence electrons. The van der Waals surface area contributed by atoms with Crippen LogP contribution in [0.1, 0.15) is 5.56 Å². The van der Waals surface area contributed by atoms with Gasteiger partial charge in [-0.15, -0.1) is 0 Å². The van der Waals surface area contributed by atoms with Crippen LogP contribution in [-0.4, -0.2) is 9.78 Å². The lowest BCUT2D eigenvalue weighted by atomic mass is 10.2. The van der Waals surface area contributed by atoms with Gasteiger partial charge in [-0.2, -0.15) is 5.10 Å². The van der Waals surface area contributed by atoms with Crippen molar-refractivity contribution in [2.24, 2.45) is 0 Å². The number of para-hydroxylation sites is 2. The molecule has 0 unspecified atom stereocenters. The average Bonchev–Trinajstić information content (AvgIpc) is 3.01. The van der Waals surface area contributed by atoms with Gasteiger partial charge in [0, 0.05) is 29.0 Å². The van der Waals surface area contributed by atoms with Crippen LogP contribution in [0.2, 0.25) is 0 Å². The first kappa shape index (κ1) is 13.8. The third-order valence-corrected chi connectivity index (χ3v) is 3.63. The molecule has 0 bridgehead atoms. The second-order valence-corrected chi connectivity index (χ2v) is 5.47. The summed E-state index contributed by atoms with van der Waals surface area (Å²) < 4.78 is 16.4. The Hall–Kier alpha value is -2.14. The lowest BCUT2D eigenvalue weighted by Crippen LogP contribution is -2.06. The van der Waals surface area contributed by atoms with E-state index in [1.54, 1.807) is 16.9 Å². The number of anilines is 1. The summed E-state index contributed by atoms with van der Waals surface area (Å²) >= 11 is 3.26. The Kier molecular flexibility index (Phi) is 4.01. The first-order chi connectivity index (χ1) is 10.2. The van der Waals surface area contributed by atoms with Gasteiger partial charge in [0.25, 0.3) is 0 Å². The van der Waals surface area contributed by atoms with Crippen LogP contribution in [0, 0.1) is 5.82 Å². The molecule has 0 fully saturated rings. The van der Waals surface area contributed by atoms with Gasteiger partial charge in [-0.3, -0.25) is 0 Å². The van der Waals surface area contributed by atoms with E-state index in [1.807, 2.05) is 42.6 Å². The monoisotopic (exact) mass is 345 g/mol. The van der Waals surface area contributed by atoms with E-state index < -0.39 is 0 Å². The highest BCUT2D eigenvalue weighted by Gasteiger charge is 2.06. The minimum atomic E-state index is -0.228. The first-order valence-electron chi connectivity index (χ1n) is 6.51. The zero-order valence-corrected chi connectivity index (χ0v) is 12.7. The summed E-state index contributed by atoms with van der Waals surface area (Å²) in [7, 11) is 0. The fourth-order valence-electron chi connectivity index (χ4n) is 2.09. The molecule has 0 aliphatic rings. The quantitative estimate of drug-likeness (QED) is 0.760. The number of aromatic nitrogens is 2. The third kappa shape index (κ3) is 3.13. The number of rotatable bonds is 4. The van der Waals surface area contributed by atoms with Crippen molar-refractivity contribution in [2.75, 3.05) is 5.32 Å². The largest absolute Gasteiger partial charge is 0.379 e. The van der Waals surface area contributed by atoms with Crippen molar-refractivity contribution < 1.29 is 4.39 Å². The molecule has 2 aromatic carbocycles. The first-order valence-corrected chi connectivity index (χ1v) is 7.30. The Labute approximate surface area is 130 Å². The van der Waals surface area contributed by atoms with Crippen LogP contribution in [0.3, 0.4) is 0 Å². The Morgan fingerprint density at radius 1 is 1.14 bits per heavy atom. The van der Waals surface area contributed by atoms with Crippen molar-refractivity contribution in [3.05, 3.63) is 76.8 Å². The van der Waals surface area contributed by atoms with Crippen molar-refractivity contribution >= 4 is 21.6 Å². The highest BCUT2D eigenvalue weighted by atomic mass is 79.9. The zero-order valence-electron chi connectivity index (χ0n) is 11.1. The SMILES string of the molecule is Fc1cc(Br)ccc1CNc1ccccc1-n1cccn1. The molecule has 0 atom stereocenters. The van der Waals surface area contributed by atoms with Gasteiger partial charge in [0.2, 0.25) is 0 Å². The minimum Gasteiger partial charge on any atom is -0.379 e. The van der Waals surface area contributed by atoms with Crippen LogP contribution in [0.5, 0.6) is 0 Å². The molecule has 1 aromatic heterocycles. The van der Waals surface area contributed by atoms with Crippen molar-refractivity contribution in [1.82, 2.24) is 9.78 Å². The molecule has 0 amide bonds. The van der Waals surface area contributed by atoms with Crippen LogP contribution < -0.4 is 5.32 Å². The molecule has 3 nitrogen and oxygen atoms in total. The standard InChI is InChI=1S/C16H13BrFN3/c17-13-7-6-12(14(18)10-13)11-19-15-4-1-2-5-16(15)21-9-3-8-20-21/h1-10,19H,11H2. The van der Waals surface area contributed by atoms with E-state index in [9.17, 15) is 4.39 Å². The lowest BCUT2D eigenvalue weighted by Gasteiger charge is -2.12. The number of nitrogens with one attached hydrogen (secondary N) is 1. The summed E-state index contributed by atoms with van der Waals surface area (Å²) in [6.07, 6.45) is 3.60. The smallest absolute Gasteiger partial charge is 0.129 e. The molecule has 3 rings (SSSR count). The van der Waals surface area contributed by atoms with Crippen molar-refractivity contribution in [3.63, 3.8) is 0 Å². The second-order valence-electron chi connectivity index (χ2n) is 4.56. The lowest BCUT2D eigenvalue weighted by molar-refractivity contribution is 0.612. The van der Waals surface area contributed by atoms with E-state index in [0.717, 1.165) is 15.8 Å². The highest BCUT2D eigenvalue weighted by Crippen LogP contribution is 2.21. The predicted octanol–water partition coefficient (Wildman–Crippen LogP) is 4.39. The molecular formula is C16H13BrFN3. The highest BCUT2D eigenvalue weighted by molar-refractivity contribution is 9.10. The molecule has 5 heteroatoms. The molecular weight excluding hydrogens is 333 g/mol. The van der Waals surface area contributed by atoms with Crippen LogP contribution in [0.4, 0.5) is 10.1 Å². The Morgan fingerprint density at radius 3 is 2.76 bits per heavy atom. The average molecular weight is 346 g/mol. The molecule has 0 radical (unpaired) electrons. The van der Waals surface area contributed by atoms with Gasteiger partial charge in [0.15, 0.2) is 0 Å². The molecule has 0 saturated carbocycles. The van der Waals surface area contributed by atoms with E-state index in [4.69, 9.17) is 0 Å².